The van der Waals surface area contributed by atoms with Crippen LogP contribution < -0.4 is 4.90 Å². The van der Waals surface area contributed by atoms with Gasteiger partial charge in [0, 0.05) is 55.0 Å². The van der Waals surface area contributed by atoms with E-state index in [4.69, 9.17) is 8.83 Å². The first-order valence-electron chi connectivity index (χ1n) is 21.8. The van der Waals surface area contributed by atoms with Crippen LogP contribution in [0.2, 0.25) is 0 Å². The second kappa shape index (κ2) is 14.5. The van der Waals surface area contributed by atoms with E-state index in [1.54, 1.807) is 0 Å². The minimum atomic E-state index is 0.834. The van der Waals surface area contributed by atoms with E-state index < -0.39 is 0 Å². The van der Waals surface area contributed by atoms with E-state index in [0.717, 1.165) is 94.4 Å². The van der Waals surface area contributed by atoms with Gasteiger partial charge in [0.2, 0.25) is 0 Å². The molecule has 10 aromatic carbocycles. The topological polar surface area (TPSA) is 34.5 Å². The molecule has 0 radical (unpaired) electrons. The van der Waals surface area contributed by atoms with Gasteiger partial charge >= 0.3 is 0 Å². The van der Waals surface area contributed by atoms with E-state index >= 15 is 0 Å². The molecule has 0 saturated carbocycles. The maximum Gasteiger partial charge on any atom is 0.145 e. The molecule has 0 spiro atoms. The summed E-state index contributed by atoms with van der Waals surface area (Å²) in [7, 11) is 0. The molecule has 0 aliphatic rings. The van der Waals surface area contributed by atoms with E-state index in [2.05, 4.69) is 228 Å². The number of para-hydroxylation sites is 6. The van der Waals surface area contributed by atoms with Gasteiger partial charge in [0.05, 0.1) is 27.8 Å². The van der Waals surface area contributed by atoms with Crippen LogP contribution in [0.25, 0.3) is 105 Å². The molecule has 13 rings (SSSR count). The highest BCUT2D eigenvalue weighted by molar-refractivity contribution is 6.18. The van der Waals surface area contributed by atoms with Gasteiger partial charge in [0.25, 0.3) is 0 Å². The molecule has 0 aliphatic heterocycles. The van der Waals surface area contributed by atoms with Gasteiger partial charge in [0.15, 0.2) is 0 Å². The van der Waals surface area contributed by atoms with Gasteiger partial charge in [-0.25, -0.2) is 0 Å². The van der Waals surface area contributed by atoms with Gasteiger partial charge in [-0.3, -0.25) is 0 Å². The lowest BCUT2D eigenvalue weighted by molar-refractivity contribution is 0.669. The Labute approximate surface area is 369 Å². The lowest BCUT2D eigenvalue weighted by atomic mass is 9.97. The molecule has 3 aromatic heterocycles. The molecule has 64 heavy (non-hydrogen) atoms. The minimum absolute atomic E-state index is 0.834. The van der Waals surface area contributed by atoms with Crippen molar-refractivity contribution < 1.29 is 8.83 Å². The Kier molecular flexibility index (Phi) is 8.18. The summed E-state index contributed by atoms with van der Waals surface area (Å²) in [4.78, 5) is 2.40. The van der Waals surface area contributed by atoms with Crippen LogP contribution in [0.15, 0.2) is 239 Å². The Morgan fingerprint density at radius 3 is 1.67 bits per heavy atom. The second-order valence-electron chi connectivity index (χ2n) is 16.4. The van der Waals surface area contributed by atoms with Crippen molar-refractivity contribution in [2.75, 3.05) is 4.90 Å². The smallest absolute Gasteiger partial charge is 0.145 e. The first-order chi connectivity index (χ1) is 31.8. The van der Waals surface area contributed by atoms with Crippen LogP contribution in [-0.2, 0) is 0 Å². The molecule has 0 unspecified atom stereocenters. The first-order valence-corrected chi connectivity index (χ1v) is 21.8. The highest BCUT2D eigenvalue weighted by Crippen LogP contribution is 2.49. The van der Waals surface area contributed by atoms with Gasteiger partial charge in [-0.2, -0.15) is 0 Å². The summed E-state index contributed by atoms with van der Waals surface area (Å²) in [6.45, 7) is 0. The molecule has 0 aliphatic carbocycles. The van der Waals surface area contributed by atoms with Crippen molar-refractivity contribution >= 4 is 82.7 Å². The predicted molar refractivity (Wildman–Crippen MR) is 266 cm³/mol. The molecule has 0 saturated heterocycles. The maximum atomic E-state index is 7.01. The molecule has 0 atom stereocenters. The number of fused-ring (bicyclic) bond motifs is 9. The third kappa shape index (κ3) is 5.63. The highest BCUT2D eigenvalue weighted by atomic mass is 16.3. The number of rotatable bonds is 7. The number of furan rings is 2. The Bertz CT molecular complexity index is 3860. The second-order valence-corrected chi connectivity index (χ2v) is 16.4. The van der Waals surface area contributed by atoms with E-state index in [-0.39, 0.29) is 0 Å². The number of aromatic nitrogens is 1. The number of hydrogen-bond acceptors (Lipinski definition) is 3. The van der Waals surface area contributed by atoms with Crippen molar-refractivity contribution in [3.05, 3.63) is 231 Å². The van der Waals surface area contributed by atoms with Crippen molar-refractivity contribution in [3.63, 3.8) is 0 Å². The molecule has 300 valence electrons. The summed E-state index contributed by atoms with van der Waals surface area (Å²) in [5.74, 6) is 0. The van der Waals surface area contributed by atoms with Crippen molar-refractivity contribution in [1.82, 2.24) is 4.57 Å². The summed E-state index contributed by atoms with van der Waals surface area (Å²) < 4.78 is 16.1. The quantitative estimate of drug-likeness (QED) is 0.161. The Morgan fingerprint density at radius 1 is 0.328 bits per heavy atom. The minimum Gasteiger partial charge on any atom is -0.455 e. The fourth-order valence-corrected chi connectivity index (χ4v) is 9.93. The molecule has 0 amide bonds. The zero-order chi connectivity index (χ0) is 42.1. The van der Waals surface area contributed by atoms with Gasteiger partial charge in [0.1, 0.15) is 22.3 Å². The average molecular weight is 819 g/mol. The molecule has 4 heteroatoms. The number of anilines is 3. The van der Waals surface area contributed by atoms with Gasteiger partial charge in [-0.15, -0.1) is 0 Å². The summed E-state index contributed by atoms with van der Waals surface area (Å²) in [5, 5.41) is 6.77. The van der Waals surface area contributed by atoms with Gasteiger partial charge in [-0.05, 0) is 83.4 Å². The standard InChI is InChI=1S/C60H38N2O2/c1-2-16-39(17-3-1)40-32-34-42(35-33-40)61(54-29-11-6-22-47(54)49-25-15-26-50-48-23-7-12-30-56(48)63-59(49)50)55-37-36-44(60-58(55)51-24-8-13-31-57(51)64-60)41-18-14-19-43(38-41)62-52-27-9-4-20-45(52)46-21-5-10-28-53(46)62/h1-38H. The molecule has 13 aromatic rings. The Balaban J connectivity index is 1.05. The zero-order valence-electron chi connectivity index (χ0n) is 34.7. The maximum absolute atomic E-state index is 7.01. The lowest BCUT2D eigenvalue weighted by Crippen LogP contribution is -2.12. The van der Waals surface area contributed by atoms with E-state index in [0.29, 0.717) is 0 Å². The normalized spacial score (nSPS) is 11.8. The lowest BCUT2D eigenvalue weighted by Gasteiger charge is -2.29. The molecule has 0 bridgehead atoms. The van der Waals surface area contributed by atoms with Crippen molar-refractivity contribution in [1.29, 1.82) is 0 Å². The van der Waals surface area contributed by atoms with Crippen LogP contribution in [0, 0.1) is 0 Å². The molecule has 0 fully saturated rings. The molecule has 3 heterocycles. The Hall–Kier alpha value is -8.60. The summed E-state index contributed by atoms with van der Waals surface area (Å²) in [6, 6.07) is 82.0. The van der Waals surface area contributed by atoms with Gasteiger partial charge in [-0.1, -0.05) is 164 Å². The summed E-state index contributed by atoms with van der Waals surface area (Å²) >= 11 is 0. The third-order valence-electron chi connectivity index (χ3n) is 12.8. The van der Waals surface area contributed by atoms with E-state index in [9.17, 15) is 0 Å². The van der Waals surface area contributed by atoms with Crippen LogP contribution >= 0.6 is 0 Å². The number of nitrogens with zero attached hydrogens (tertiary/aromatic N) is 2. The number of hydrogen-bond donors (Lipinski definition) is 0. The van der Waals surface area contributed by atoms with Crippen molar-refractivity contribution in [3.8, 4) is 39.1 Å². The third-order valence-corrected chi connectivity index (χ3v) is 12.8. The van der Waals surface area contributed by atoms with Crippen LogP contribution in [-0.4, -0.2) is 4.57 Å². The van der Waals surface area contributed by atoms with Crippen LogP contribution in [0.4, 0.5) is 17.1 Å². The van der Waals surface area contributed by atoms with Crippen molar-refractivity contribution in [2.45, 2.75) is 0 Å². The molecule has 0 N–H and O–H groups in total. The largest absolute Gasteiger partial charge is 0.455 e. The average Bonchev–Trinajstić information content (AvgIpc) is 4.05. The van der Waals surface area contributed by atoms with Crippen molar-refractivity contribution in [2.24, 2.45) is 0 Å². The summed E-state index contributed by atoms with van der Waals surface area (Å²) in [6.07, 6.45) is 0. The molecular formula is C60H38N2O2. The SMILES string of the molecule is c1ccc(-c2ccc(N(c3ccccc3-c3cccc4c3oc3ccccc34)c3ccc(-c4cccc(-n5c6ccccc6c6ccccc65)c4)c4oc5ccccc5c34)cc2)cc1. The van der Waals surface area contributed by atoms with Crippen LogP contribution in [0.3, 0.4) is 0 Å². The fourth-order valence-electron chi connectivity index (χ4n) is 9.93. The van der Waals surface area contributed by atoms with E-state index in [1.807, 2.05) is 12.1 Å². The van der Waals surface area contributed by atoms with Crippen LogP contribution in [0.1, 0.15) is 0 Å². The Morgan fingerprint density at radius 2 is 0.891 bits per heavy atom. The fraction of sp³-hybridized carbons (Fsp3) is 0. The predicted octanol–water partition coefficient (Wildman–Crippen LogP) is 17.1. The molecule has 4 nitrogen and oxygen atoms in total. The monoisotopic (exact) mass is 818 g/mol. The summed E-state index contributed by atoms with van der Waals surface area (Å²) in [5.41, 5.74) is 16.4. The first kappa shape index (κ1) is 36.1. The number of benzene rings is 10. The van der Waals surface area contributed by atoms with Crippen LogP contribution in [0.5, 0.6) is 0 Å². The molecular weight excluding hydrogens is 781 g/mol. The highest BCUT2D eigenvalue weighted by Gasteiger charge is 2.25. The van der Waals surface area contributed by atoms with E-state index in [1.165, 1.54) is 27.4 Å². The van der Waals surface area contributed by atoms with Gasteiger partial charge < -0.3 is 18.3 Å². The zero-order valence-corrected chi connectivity index (χ0v) is 34.7.